The lowest BCUT2D eigenvalue weighted by Crippen LogP contribution is -2.46. The molecule has 8 nitrogen and oxygen atoms in total. The maximum Gasteiger partial charge on any atom is 0.247 e. The van der Waals surface area contributed by atoms with Gasteiger partial charge in [-0.05, 0) is 59.6 Å². The van der Waals surface area contributed by atoms with Crippen molar-refractivity contribution >= 4 is 28.4 Å². The number of anilines is 2. The Balaban J connectivity index is 1.12. The molecule has 4 heterocycles. The molecule has 1 atom stereocenters. The van der Waals surface area contributed by atoms with E-state index in [1.165, 1.54) is 5.56 Å². The summed E-state index contributed by atoms with van der Waals surface area (Å²) in [6, 6.07) is 18.1. The SMILES string of the molecule is CN1C=CCC1C(=O)Nc1ccc(-c2ccc3ncc(N4CCN(Cc5cccnc5)CC4)nc3c2)cc1. The Labute approximate surface area is 222 Å². The van der Waals surface area contributed by atoms with Crippen molar-refractivity contribution in [3.05, 3.63) is 91.0 Å². The highest BCUT2D eigenvalue weighted by Crippen LogP contribution is 2.26. The van der Waals surface area contributed by atoms with Gasteiger partial charge in [0, 0.05) is 57.9 Å². The minimum Gasteiger partial charge on any atom is -0.369 e. The molecule has 6 rings (SSSR count). The quantitative estimate of drug-likeness (QED) is 0.421. The number of carbonyl (C=O) groups excluding carboxylic acids is 1. The van der Waals surface area contributed by atoms with Gasteiger partial charge in [-0.3, -0.25) is 19.7 Å². The molecule has 2 aliphatic heterocycles. The fourth-order valence-corrected chi connectivity index (χ4v) is 5.11. The highest BCUT2D eigenvalue weighted by atomic mass is 16.2. The van der Waals surface area contributed by atoms with Crippen molar-refractivity contribution in [2.45, 2.75) is 19.0 Å². The van der Waals surface area contributed by atoms with Crippen LogP contribution in [0.2, 0.25) is 0 Å². The van der Waals surface area contributed by atoms with Gasteiger partial charge in [0.15, 0.2) is 0 Å². The summed E-state index contributed by atoms with van der Waals surface area (Å²) < 4.78 is 0. The highest BCUT2D eigenvalue weighted by molar-refractivity contribution is 5.95. The van der Waals surface area contributed by atoms with E-state index in [0.29, 0.717) is 0 Å². The average Bonchev–Trinajstić information content (AvgIpc) is 3.40. The van der Waals surface area contributed by atoms with Crippen LogP contribution in [0.5, 0.6) is 0 Å². The maximum absolute atomic E-state index is 12.6. The third-order valence-electron chi connectivity index (χ3n) is 7.33. The van der Waals surface area contributed by atoms with Gasteiger partial charge >= 0.3 is 0 Å². The molecule has 4 aromatic rings. The summed E-state index contributed by atoms with van der Waals surface area (Å²) in [5.41, 5.74) is 5.94. The number of likely N-dealkylation sites (N-methyl/N-ethyl adjacent to an activating group) is 1. The van der Waals surface area contributed by atoms with E-state index in [2.05, 4.69) is 43.3 Å². The standard InChI is InChI=1S/C30H31N7O/c1-35-13-3-5-28(35)30(38)33-25-9-6-23(7-10-25)24-8-11-26-27(18-24)34-29(20-32-26)37-16-14-36(15-17-37)21-22-4-2-12-31-19-22/h2-4,6-13,18-20,28H,5,14-17,21H2,1H3,(H,33,38). The van der Waals surface area contributed by atoms with Crippen molar-refractivity contribution in [1.29, 1.82) is 0 Å². The van der Waals surface area contributed by atoms with E-state index in [1.807, 2.05) is 79.2 Å². The number of rotatable bonds is 6. The molecule has 1 unspecified atom stereocenters. The van der Waals surface area contributed by atoms with E-state index in [1.54, 1.807) is 0 Å². The average molecular weight is 506 g/mol. The van der Waals surface area contributed by atoms with Gasteiger partial charge in [-0.1, -0.05) is 30.3 Å². The lowest BCUT2D eigenvalue weighted by atomic mass is 10.0. The second-order valence-electron chi connectivity index (χ2n) is 9.92. The molecule has 0 saturated carbocycles. The summed E-state index contributed by atoms with van der Waals surface area (Å²) in [6.07, 6.45) is 10.3. The summed E-state index contributed by atoms with van der Waals surface area (Å²) in [4.78, 5) is 33.2. The van der Waals surface area contributed by atoms with Gasteiger partial charge in [0.2, 0.25) is 5.91 Å². The van der Waals surface area contributed by atoms with Crippen LogP contribution < -0.4 is 10.2 Å². The van der Waals surface area contributed by atoms with Crippen LogP contribution in [0, 0.1) is 0 Å². The van der Waals surface area contributed by atoms with Gasteiger partial charge in [0.05, 0.1) is 17.2 Å². The number of piperazine rings is 1. The number of amides is 1. The molecule has 0 bridgehead atoms. The number of carbonyl (C=O) groups is 1. The van der Waals surface area contributed by atoms with Crippen LogP contribution in [0.15, 0.2) is 85.5 Å². The van der Waals surface area contributed by atoms with Gasteiger partial charge in [0.25, 0.3) is 0 Å². The Morgan fingerprint density at radius 3 is 2.53 bits per heavy atom. The van der Waals surface area contributed by atoms with Crippen molar-refractivity contribution < 1.29 is 4.79 Å². The zero-order valence-corrected chi connectivity index (χ0v) is 21.5. The number of aromatic nitrogens is 3. The fourth-order valence-electron chi connectivity index (χ4n) is 5.11. The third-order valence-corrected chi connectivity index (χ3v) is 7.33. The predicted octanol–water partition coefficient (Wildman–Crippen LogP) is 4.17. The zero-order valence-electron chi connectivity index (χ0n) is 21.5. The van der Waals surface area contributed by atoms with Crippen LogP contribution in [-0.4, -0.2) is 69.9 Å². The molecular weight excluding hydrogens is 474 g/mol. The van der Waals surface area contributed by atoms with Crippen molar-refractivity contribution in [2.24, 2.45) is 0 Å². The van der Waals surface area contributed by atoms with Crippen molar-refractivity contribution in [2.75, 3.05) is 43.4 Å². The van der Waals surface area contributed by atoms with E-state index >= 15 is 0 Å². The fraction of sp³-hybridized carbons (Fsp3) is 0.267. The molecule has 0 aliphatic carbocycles. The van der Waals surface area contributed by atoms with Crippen LogP contribution >= 0.6 is 0 Å². The number of nitrogens with one attached hydrogen (secondary N) is 1. The number of hydrogen-bond donors (Lipinski definition) is 1. The number of pyridine rings is 1. The number of benzene rings is 2. The Morgan fingerprint density at radius 2 is 1.79 bits per heavy atom. The summed E-state index contributed by atoms with van der Waals surface area (Å²) in [6.45, 7) is 4.71. The molecule has 192 valence electrons. The summed E-state index contributed by atoms with van der Waals surface area (Å²) >= 11 is 0. The lowest BCUT2D eigenvalue weighted by Gasteiger charge is -2.35. The van der Waals surface area contributed by atoms with Gasteiger partial charge < -0.3 is 15.1 Å². The zero-order chi connectivity index (χ0) is 25.9. The summed E-state index contributed by atoms with van der Waals surface area (Å²) in [5, 5.41) is 3.03. The number of fused-ring (bicyclic) bond motifs is 1. The summed E-state index contributed by atoms with van der Waals surface area (Å²) in [7, 11) is 1.93. The van der Waals surface area contributed by atoms with Gasteiger partial charge in [-0.2, -0.15) is 0 Å². The van der Waals surface area contributed by atoms with Crippen molar-refractivity contribution in [1.82, 2.24) is 24.8 Å². The third kappa shape index (κ3) is 5.21. The van der Waals surface area contributed by atoms with Gasteiger partial charge in [-0.25, -0.2) is 4.98 Å². The van der Waals surface area contributed by atoms with Crippen molar-refractivity contribution in [3.8, 4) is 11.1 Å². The molecule has 1 saturated heterocycles. The van der Waals surface area contributed by atoms with E-state index < -0.39 is 0 Å². The van der Waals surface area contributed by atoms with Gasteiger partial charge in [0.1, 0.15) is 11.9 Å². The first-order chi connectivity index (χ1) is 18.6. The Morgan fingerprint density at radius 1 is 0.974 bits per heavy atom. The van der Waals surface area contributed by atoms with E-state index in [9.17, 15) is 4.79 Å². The van der Waals surface area contributed by atoms with Crippen LogP contribution in [0.3, 0.4) is 0 Å². The van der Waals surface area contributed by atoms with Crippen LogP contribution in [-0.2, 0) is 11.3 Å². The Bertz CT molecular complexity index is 1450. The van der Waals surface area contributed by atoms with Crippen LogP contribution in [0.1, 0.15) is 12.0 Å². The molecule has 2 aromatic carbocycles. The second-order valence-corrected chi connectivity index (χ2v) is 9.92. The monoisotopic (exact) mass is 505 g/mol. The van der Waals surface area contributed by atoms with E-state index in [-0.39, 0.29) is 11.9 Å². The Hall–Kier alpha value is -4.30. The smallest absolute Gasteiger partial charge is 0.247 e. The summed E-state index contributed by atoms with van der Waals surface area (Å²) in [5.74, 6) is 0.928. The molecule has 8 heteroatoms. The minimum atomic E-state index is -0.146. The van der Waals surface area contributed by atoms with Crippen molar-refractivity contribution in [3.63, 3.8) is 0 Å². The lowest BCUT2D eigenvalue weighted by molar-refractivity contribution is -0.119. The molecule has 1 fully saturated rings. The first-order valence-electron chi connectivity index (χ1n) is 13.1. The first-order valence-corrected chi connectivity index (χ1v) is 13.1. The molecule has 2 aliphatic rings. The minimum absolute atomic E-state index is 0.0108. The topological polar surface area (TPSA) is 77.5 Å². The van der Waals surface area contributed by atoms with E-state index in [4.69, 9.17) is 4.98 Å². The number of nitrogens with zero attached hydrogens (tertiary/aromatic N) is 6. The molecule has 1 N–H and O–H groups in total. The normalized spacial score (nSPS) is 17.8. The Kier molecular flexibility index (Phi) is 6.71. The molecule has 2 aromatic heterocycles. The van der Waals surface area contributed by atoms with Crippen LogP contribution in [0.25, 0.3) is 22.2 Å². The molecule has 1 amide bonds. The second kappa shape index (κ2) is 10.6. The highest BCUT2D eigenvalue weighted by Gasteiger charge is 2.23. The van der Waals surface area contributed by atoms with Gasteiger partial charge in [-0.15, -0.1) is 0 Å². The van der Waals surface area contributed by atoms with E-state index in [0.717, 1.165) is 72.8 Å². The molecule has 38 heavy (non-hydrogen) atoms. The molecule has 0 radical (unpaired) electrons. The van der Waals surface area contributed by atoms with Crippen LogP contribution in [0.4, 0.5) is 11.5 Å². The molecule has 0 spiro atoms. The largest absolute Gasteiger partial charge is 0.369 e. The molecular formula is C30H31N7O. The predicted molar refractivity (Wildman–Crippen MR) is 151 cm³/mol. The maximum atomic E-state index is 12.6. The first kappa shape index (κ1) is 24.1. The number of hydrogen-bond acceptors (Lipinski definition) is 7.